The van der Waals surface area contributed by atoms with E-state index in [0.29, 0.717) is 11.0 Å². The monoisotopic (exact) mass is 410 g/mol. The Morgan fingerprint density at radius 2 is 2.19 bits per heavy atom. The number of H-pyrrole nitrogens is 1. The van der Waals surface area contributed by atoms with Crippen molar-refractivity contribution >= 4 is 21.8 Å². The van der Waals surface area contributed by atoms with Crippen molar-refractivity contribution < 1.29 is 62.3 Å². The van der Waals surface area contributed by atoms with Gasteiger partial charge in [0.15, 0.2) is 16.7 Å². The molecule has 0 unspecified atom stereocenters. The van der Waals surface area contributed by atoms with Crippen molar-refractivity contribution in [2.75, 3.05) is 14.1 Å². The second-order valence-electron chi connectivity index (χ2n) is 4.98. The summed E-state index contributed by atoms with van der Waals surface area (Å²) in [5.41, 5.74) is 0.982. The summed E-state index contributed by atoms with van der Waals surface area (Å²) in [5.74, 6) is -0.235. The molecule has 7 nitrogen and oxygen atoms in total. The van der Waals surface area contributed by atoms with Gasteiger partial charge in [0.2, 0.25) is 0 Å². The number of aromatic amines is 1. The maximum Gasteiger partial charge on any atom is 1.00 e. The number of hydrogen-bond acceptors (Lipinski definition) is 6. The van der Waals surface area contributed by atoms with Crippen molar-refractivity contribution in [3.8, 4) is 17.2 Å². The number of imidazole rings is 1. The van der Waals surface area contributed by atoms with Gasteiger partial charge in [-0.1, -0.05) is 0 Å². The van der Waals surface area contributed by atoms with Gasteiger partial charge in [-0.2, -0.15) is 8.78 Å². The van der Waals surface area contributed by atoms with Crippen molar-refractivity contribution in [1.29, 1.82) is 0 Å². The summed E-state index contributed by atoms with van der Waals surface area (Å²) in [4.78, 5) is 11.1. The Hall–Kier alpha value is -1.75. The molecule has 0 saturated heterocycles. The van der Waals surface area contributed by atoms with Crippen LogP contribution in [0.15, 0.2) is 35.6 Å². The van der Waals surface area contributed by atoms with E-state index >= 15 is 0 Å². The van der Waals surface area contributed by atoms with Gasteiger partial charge in [0.05, 0.1) is 51.5 Å². The Balaban J connectivity index is 0.00000240. The third kappa shape index (κ3) is 4.95. The maximum atomic E-state index is 12.7. The zero-order valence-corrected chi connectivity index (χ0v) is 17.2. The third-order valence-electron chi connectivity index (χ3n) is 3.40. The quantitative estimate of drug-likeness (QED) is 0.552. The topological polar surface area (TPSA) is 86.3 Å². The summed E-state index contributed by atoms with van der Waals surface area (Å²) in [6.07, 6.45) is 1.31. The molecule has 0 aliphatic heterocycles. The molecule has 0 fully saturated rings. The van der Waals surface area contributed by atoms with Gasteiger partial charge in [-0.05, 0) is 12.1 Å². The summed E-state index contributed by atoms with van der Waals surface area (Å²) >= 11 is 0. The second kappa shape index (κ2) is 9.45. The largest absolute Gasteiger partial charge is 1.00 e. The van der Waals surface area contributed by atoms with Gasteiger partial charge in [0, 0.05) is 18.3 Å². The number of methoxy groups -OCH3 is 2. The Morgan fingerprint density at radius 1 is 1.37 bits per heavy atom. The van der Waals surface area contributed by atoms with Crippen LogP contribution in [-0.4, -0.2) is 39.9 Å². The van der Waals surface area contributed by atoms with Gasteiger partial charge in [0.1, 0.15) is 5.75 Å². The van der Waals surface area contributed by atoms with E-state index in [1.54, 1.807) is 0 Å². The molecule has 2 aromatic heterocycles. The smallest absolute Gasteiger partial charge is 1.00 e. The number of aromatic nitrogens is 3. The molecular weight excluding hydrogens is 391 g/mol. The molecule has 2 heterocycles. The minimum atomic E-state index is -2.97. The van der Waals surface area contributed by atoms with Crippen LogP contribution in [-0.2, 0) is 16.6 Å². The van der Waals surface area contributed by atoms with Crippen LogP contribution in [0.2, 0.25) is 0 Å². The summed E-state index contributed by atoms with van der Waals surface area (Å²) in [6.45, 7) is -2.97. The Bertz CT molecular complexity index is 1060. The number of halogens is 2. The fraction of sp³-hybridized carbons (Fsp3) is 0.250. The predicted octanol–water partition coefficient (Wildman–Crippen LogP) is 0.000800. The Morgan fingerprint density at radius 3 is 2.89 bits per heavy atom. The van der Waals surface area contributed by atoms with E-state index in [-0.39, 0.29) is 64.8 Å². The van der Waals surface area contributed by atoms with E-state index in [4.69, 9.17) is 13.6 Å². The number of alkyl halides is 2. The second-order valence-corrected chi connectivity index (χ2v) is 6.35. The molecule has 0 saturated carbocycles. The number of nitrogens with zero attached hydrogens (tertiary/aromatic N) is 2. The molecule has 0 aliphatic carbocycles. The molecule has 11 heteroatoms. The first-order valence-electron chi connectivity index (χ1n) is 8.70. The standard InChI is InChI=1S/C16H15F2N3O4S.Na.H/c1-23-13-5-6-19-12(14(13)24-2)8-26(22)16-20-10-4-3-9(25-15(17)18)7-11(10)21-16;;/h3-7,15H,8H2,1-2H3,(H,20,21);;/q;+1;-1/t26-;;/m1../s1/i1D3;;. The maximum absolute atomic E-state index is 12.7. The molecule has 0 spiro atoms. The average Bonchev–Trinajstić information content (AvgIpc) is 3.03. The molecule has 140 valence electrons. The van der Waals surface area contributed by atoms with E-state index in [2.05, 4.69) is 19.7 Å². The van der Waals surface area contributed by atoms with E-state index in [1.807, 2.05) is 0 Å². The van der Waals surface area contributed by atoms with Crippen LogP contribution in [0.5, 0.6) is 17.2 Å². The Labute approximate surface area is 183 Å². The number of ether oxygens (including phenoxy) is 3. The van der Waals surface area contributed by atoms with Crippen molar-refractivity contribution in [2.45, 2.75) is 17.5 Å². The SMILES string of the molecule is [2H]C([2H])([2H])Oc1ccnc(C[S@@](=O)c2nc3ccc(OC(F)F)cc3[nH]2)c1OC.[H-].[Na+]. The van der Waals surface area contributed by atoms with Crippen LogP contribution in [0.3, 0.4) is 0 Å². The van der Waals surface area contributed by atoms with Gasteiger partial charge in [-0.15, -0.1) is 0 Å². The fourth-order valence-electron chi connectivity index (χ4n) is 2.31. The molecule has 27 heavy (non-hydrogen) atoms. The average molecular weight is 410 g/mol. The Kier molecular flexibility index (Phi) is 6.07. The normalized spacial score (nSPS) is 14.0. The van der Waals surface area contributed by atoms with Gasteiger partial charge >= 0.3 is 36.2 Å². The van der Waals surface area contributed by atoms with Crippen molar-refractivity contribution in [3.63, 3.8) is 0 Å². The number of fused-ring (bicyclic) bond motifs is 1. The number of hydrogen-bond donors (Lipinski definition) is 1. The molecular formula is C16H16F2N3NaO4S. The number of nitrogens with one attached hydrogen (secondary N) is 1. The molecule has 0 amide bonds. The molecule has 1 aromatic carbocycles. The number of benzene rings is 1. The molecule has 0 bridgehead atoms. The predicted molar refractivity (Wildman–Crippen MR) is 91.3 cm³/mol. The van der Waals surface area contributed by atoms with Crippen LogP contribution < -0.4 is 43.8 Å². The first kappa shape index (κ1) is 17.4. The minimum absolute atomic E-state index is 0. The molecule has 3 aromatic rings. The summed E-state index contributed by atoms with van der Waals surface area (Å²) < 4.78 is 73.4. The van der Waals surface area contributed by atoms with Crippen LogP contribution in [0.25, 0.3) is 11.0 Å². The number of rotatable bonds is 7. The summed E-state index contributed by atoms with van der Waals surface area (Å²) in [5, 5.41) is 0.0835. The van der Waals surface area contributed by atoms with E-state index in [0.717, 1.165) is 0 Å². The molecule has 3 rings (SSSR count). The molecule has 1 N–H and O–H groups in total. The van der Waals surface area contributed by atoms with E-state index in [1.165, 1.54) is 37.6 Å². The first-order chi connectivity index (χ1) is 13.7. The fourth-order valence-corrected chi connectivity index (χ4v) is 3.33. The summed E-state index contributed by atoms with van der Waals surface area (Å²) in [6, 6.07) is 5.41. The van der Waals surface area contributed by atoms with Gasteiger partial charge in [-0.3, -0.25) is 9.19 Å². The van der Waals surface area contributed by atoms with Crippen LogP contribution in [0.1, 0.15) is 11.2 Å². The zero-order valence-electron chi connectivity index (χ0n) is 18.4. The first-order valence-corrected chi connectivity index (χ1v) is 8.52. The van der Waals surface area contributed by atoms with Gasteiger partial charge in [-0.25, -0.2) is 4.98 Å². The minimum Gasteiger partial charge on any atom is -1.00 e. The van der Waals surface area contributed by atoms with E-state index in [9.17, 15) is 13.0 Å². The van der Waals surface area contributed by atoms with Crippen LogP contribution in [0, 0.1) is 0 Å². The molecule has 0 radical (unpaired) electrons. The summed E-state index contributed by atoms with van der Waals surface area (Å²) in [7, 11) is -3.11. The zero-order chi connectivity index (χ0) is 21.2. The molecule has 1 atom stereocenters. The van der Waals surface area contributed by atoms with Gasteiger partial charge in [0.25, 0.3) is 0 Å². The van der Waals surface area contributed by atoms with Gasteiger partial charge < -0.3 is 20.6 Å². The van der Waals surface area contributed by atoms with Crippen molar-refractivity contribution in [1.82, 2.24) is 15.0 Å². The van der Waals surface area contributed by atoms with Crippen LogP contribution >= 0.6 is 0 Å². The van der Waals surface area contributed by atoms with E-state index < -0.39 is 24.4 Å². The van der Waals surface area contributed by atoms with Crippen molar-refractivity contribution in [2.24, 2.45) is 0 Å². The van der Waals surface area contributed by atoms with Crippen LogP contribution in [0.4, 0.5) is 8.78 Å². The molecule has 0 aliphatic rings. The number of pyridine rings is 1. The third-order valence-corrected chi connectivity index (χ3v) is 4.56. The van der Waals surface area contributed by atoms with Crippen molar-refractivity contribution in [3.05, 3.63) is 36.2 Å².